The molecule has 0 fully saturated rings. The van der Waals surface area contributed by atoms with Gasteiger partial charge >= 0.3 is 0 Å². The van der Waals surface area contributed by atoms with E-state index in [0.717, 1.165) is 29.6 Å². The standard InChI is InChI=1S/C19H40/c1-8-10-11-16(5)12-13-17(6)19(9-2)14-18(7)15(3)4/h15-19H,8-14H2,1-7H3. The van der Waals surface area contributed by atoms with Crippen LogP contribution in [0.15, 0.2) is 0 Å². The molecular formula is C19H40. The molecule has 4 unspecified atom stereocenters. The van der Waals surface area contributed by atoms with E-state index in [9.17, 15) is 0 Å². The molecule has 0 rings (SSSR count). The van der Waals surface area contributed by atoms with E-state index in [1.807, 2.05) is 0 Å². The van der Waals surface area contributed by atoms with Gasteiger partial charge in [0.15, 0.2) is 0 Å². The van der Waals surface area contributed by atoms with Crippen LogP contribution in [0.1, 0.15) is 93.4 Å². The van der Waals surface area contributed by atoms with E-state index in [2.05, 4.69) is 48.5 Å². The highest BCUT2D eigenvalue weighted by Crippen LogP contribution is 2.31. The average Bonchev–Trinajstić information content (AvgIpc) is 2.39. The number of hydrogen-bond acceptors (Lipinski definition) is 0. The SMILES string of the molecule is CCCCC(C)CCC(C)C(CC)CC(C)C(C)C. The van der Waals surface area contributed by atoms with Crippen molar-refractivity contribution in [2.24, 2.45) is 29.6 Å². The van der Waals surface area contributed by atoms with Gasteiger partial charge in [0.25, 0.3) is 0 Å². The van der Waals surface area contributed by atoms with Crippen LogP contribution in [0, 0.1) is 29.6 Å². The number of rotatable bonds is 11. The van der Waals surface area contributed by atoms with Crippen LogP contribution in [0.3, 0.4) is 0 Å². The minimum atomic E-state index is 0.838. The molecule has 116 valence electrons. The summed E-state index contributed by atoms with van der Waals surface area (Å²) < 4.78 is 0. The molecule has 0 amide bonds. The zero-order valence-electron chi connectivity index (χ0n) is 14.8. The minimum absolute atomic E-state index is 0.838. The lowest BCUT2D eigenvalue weighted by molar-refractivity contribution is 0.229. The first-order chi connectivity index (χ1) is 8.92. The third kappa shape index (κ3) is 8.71. The maximum Gasteiger partial charge on any atom is -0.0388 e. The largest absolute Gasteiger partial charge is 0.0654 e. The van der Waals surface area contributed by atoms with E-state index in [1.165, 1.54) is 44.9 Å². The van der Waals surface area contributed by atoms with Crippen LogP contribution in [0.25, 0.3) is 0 Å². The molecule has 0 aromatic carbocycles. The van der Waals surface area contributed by atoms with E-state index >= 15 is 0 Å². The molecule has 0 heterocycles. The molecule has 0 N–H and O–H groups in total. The van der Waals surface area contributed by atoms with Crippen LogP contribution in [0.2, 0.25) is 0 Å². The van der Waals surface area contributed by atoms with Gasteiger partial charge in [-0.2, -0.15) is 0 Å². The monoisotopic (exact) mass is 268 g/mol. The van der Waals surface area contributed by atoms with E-state index < -0.39 is 0 Å². The third-order valence-electron chi connectivity index (χ3n) is 5.31. The Balaban J connectivity index is 4.03. The fraction of sp³-hybridized carbons (Fsp3) is 1.00. The van der Waals surface area contributed by atoms with Gasteiger partial charge in [-0.15, -0.1) is 0 Å². The van der Waals surface area contributed by atoms with Crippen LogP contribution in [-0.4, -0.2) is 0 Å². The highest BCUT2D eigenvalue weighted by molar-refractivity contribution is 4.71. The van der Waals surface area contributed by atoms with Crippen molar-refractivity contribution in [1.82, 2.24) is 0 Å². The molecule has 0 spiro atoms. The maximum absolute atomic E-state index is 2.49. The molecule has 0 radical (unpaired) electrons. The van der Waals surface area contributed by atoms with E-state index in [1.54, 1.807) is 0 Å². The van der Waals surface area contributed by atoms with Gasteiger partial charge in [0.2, 0.25) is 0 Å². The summed E-state index contributed by atoms with van der Waals surface area (Å²) in [6.45, 7) is 16.8. The molecule has 0 aliphatic rings. The summed E-state index contributed by atoms with van der Waals surface area (Å²) in [5.41, 5.74) is 0. The second kappa shape index (κ2) is 10.7. The summed E-state index contributed by atoms with van der Waals surface area (Å²) in [5, 5.41) is 0. The third-order valence-corrected chi connectivity index (χ3v) is 5.31. The van der Waals surface area contributed by atoms with Crippen molar-refractivity contribution in [3.63, 3.8) is 0 Å². The molecular weight excluding hydrogens is 228 g/mol. The number of hydrogen-bond donors (Lipinski definition) is 0. The first-order valence-electron chi connectivity index (χ1n) is 8.92. The van der Waals surface area contributed by atoms with Crippen molar-refractivity contribution >= 4 is 0 Å². The molecule has 0 aromatic rings. The van der Waals surface area contributed by atoms with E-state index in [-0.39, 0.29) is 0 Å². The molecule has 19 heavy (non-hydrogen) atoms. The minimum Gasteiger partial charge on any atom is -0.0654 e. The Bertz CT molecular complexity index is 194. The Morgan fingerprint density at radius 1 is 0.737 bits per heavy atom. The Morgan fingerprint density at radius 2 is 1.37 bits per heavy atom. The van der Waals surface area contributed by atoms with Crippen molar-refractivity contribution in [3.05, 3.63) is 0 Å². The van der Waals surface area contributed by atoms with Gasteiger partial charge in [-0.3, -0.25) is 0 Å². The summed E-state index contributed by atoms with van der Waals surface area (Å²) >= 11 is 0. The molecule has 0 heteroatoms. The van der Waals surface area contributed by atoms with Crippen molar-refractivity contribution in [1.29, 1.82) is 0 Å². The highest BCUT2D eigenvalue weighted by atomic mass is 14.3. The van der Waals surface area contributed by atoms with Crippen LogP contribution in [0.5, 0.6) is 0 Å². The predicted octanol–water partition coefficient (Wildman–Crippen LogP) is 6.94. The van der Waals surface area contributed by atoms with Crippen LogP contribution in [0.4, 0.5) is 0 Å². The summed E-state index contributed by atoms with van der Waals surface area (Å²) in [4.78, 5) is 0. The van der Waals surface area contributed by atoms with Gasteiger partial charge in [0, 0.05) is 0 Å². The van der Waals surface area contributed by atoms with Crippen molar-refractivity contribution in [2.45, 2.75) is 93.4 Å². The van der Waals surface area contributed by atoms with Gasteiger partial charge in [-0.25, -0.2) is 0 Å². The first kappa shape index (κ1) is 19.0. The van der Waals surface area contributed by atoms with E-state index in [4.69, 9.17) is 0 Å². The van der Waals surface area contributed by atoms with Gasteiger partial charge < -0.3 is 0 Å². The Kier molecular flexibility index (Phi) is 10.7. The smallest absolute Gasteiger partial charge is 0.0388 e. The lowest BCUT2D eigenvalue weighted by atomic mass is 9.78. The molecule has 0 saturated carbocycles. The van der Waals surface area contributed by atoms with Crippen molar-refractivity contribution in [2.75, 3.05) is 0 Å². The summed E-state index contributed by atoms with van der Waals surface area (Å²) in [6, 6.07) is 0. The fourth-order valence-electron chi connectivity index (χ4n) is 3.03. The molecule has 0 nitrogen and oxygen atoms in total. The lowest BCUT2D eigenvalue weighted by Gasteiger charge is -2.28. The summed E-state index contributed by atoms with van der Waals surface area (Å²) in [7, 11) is 0. The van der Waals surface area contributed by atoms with Crippen molar-refractivity contribution < 1.29 is 0 Å². The van der Waals surface area contributed by atoms with Crippen LogP contribution >= 0.6 is 0 Å². The lowest BCUT2D eigenvalue weighted by Crippen LogP contribution is -2.18. The summed E-state index contributed by atoms with van der Waals surface area (Å²) in [5.74, 6) is 4.50. The second-order valence-corrected chi connectivity index (χ2v) is 7.43. The zero-order chi connectivity index (χ0) is 14.8. The van der Waals surface area contributed by atoms with Gasteiger partial charge in [-0.1, -0.05) is 87.0 Å². The highest BCUT2D eigenvalue weighted by Gasteiger charge is 2.20. The van der Waals surface area contributed by atoms with Crippen molar-refractivity contribution in [3.8, 4) is 0 Å². The molecule has 0 aliphatic carbocycles. The molecule has 0 aromatic heterocycles. The van der Waals surface area contributed by atoms with E-state index in [0.29, 0.717) is 0 Å². The Morgan fingerprint density at radius 3 is 1.84 bits per heavy atom. The average molecular weight is 269 g/mol. The zero-order valence-corrected chi connectivity index (χ0v) is 14.8. The summed E-state index contributed by atoms with van der Waals surface area (Å²) in [6.07, 6.45) is 9.87. The van der Waals surface area contributed by atoms with Gasteiger partial charge in [-0.05, 0) is 36.0 Å². The quantitative estimate of drug-likeness (QED) is 0.381. The molecule has 0 aliphatic heterocycles. The van der Waals surface area contributed by atoms with Crippen LogP contribution < -0.4 is 0 Å². The fourth-order valence-corrected chi connectivity index (χ4v) is 3.03. The molecule has 0 saturated heterocycles. The predicted molar refractivity (Wildman–Crippen MR) is 89.5 cm³/mol. The topological polar surface area (TPSA) is 0 Å². The number of unbranched alkanes of at least 4 members (excludes halogenated alkanes) is 1. The Labute approximate surface area is 123 Å². The molecule has 4 atom stereocenters. The van der Waals surface area contributed by atoms with Crippen LogP contribution in [-0.2, 0) is 0 Å². The van der Waals surface area contributed by atoms with Gasteiger partial charge in [0.1, 0.15) is 0 Å². The Hall–Kier alpha value is 0. The maximum atomic E-state index is 2.49. The van der Waals surface area contributed by atoms with Gasteiger partial charge in [0.05, 0.1) is 0 Å². The second-order valence-electron chi connectivity index (χ2n) is 7.43. The molecule has 0 bridgehead atoms. The normalized spacial score (nSPS) is 18.3. The first-order valence-corrected chi connectivity index (χ1v) is 8.92.